The molecule has 3 aromatic rings. The Morgan fingerprint density at radius 1 is 0.867 bits per heavy atom. The predicted octanol–water partition coefficient (Wildman–Crippen LogP) is 5.28. The first-order valence-electron chi connectivity index (χ1n) is 10.0. The highest BCUT2D eigenvalue weighted by atomic mass is 16.4. The maximum absolute atomic E-state index is 12.7. The van der Waals surface area contributed by atoms with Gasteiger partial charge >= 0.3 is 5.97 Å². The van der Waals surface area contributed by atoms with Crippen LogP contribution in [0.15, 0.2) is 66.7 Å². The van der Waals surface area contributed by atoms with E-state index in [4.69, 9.17) is 0 Å². The van der Waals surface area contributed by atoms with Crippen molar-refractivity contribution >= 4 is 17.4 Å². The molecular formula is C25H25NO4. The zero-order chi connectivity index (χ0) is 21.5. The number of phenolic OH excluding ortho intramolecular Hbond substituents is 1. The van der Waals surface area contributed by atoms with E-state index in [9.17, 15) is 19.8 Å². The fourth-order valence-corrected chi connectivity index (χ4v) is 3.26. The first-order chi connectivity index (χ1) is 14.5. The van der Waals surface area contributed by atoms with Crippen molar-refractivity contribution in [1.29, 1.82) is 0 Å². The molecule has 0 aliphatic heterocycles. The molecule has 0 aliphatic carbocycles. The lowest BCUT2D eigenvalue weighted by Crippen LogP contribution is -2.10. The van der Waals surface area contributed by atoms with E-state index in [-0.39, 0.29) is 22.4 Å². The first kappa shape index (κ1) is 21.1. The Morgan fingerprint density at radius 2 is 1.53 bits per heavy atom. The second-order valence-corrected chi connectivity index (χ2v) is 7.19. The maximum Gasteiger partial charge on any atom is 0.336 e. The molecule has 0 bridgehead atoms. The van der Waals surface area contributed by atoms with Gasteiger partial charge in [-0.1, -0.05) is 55.8 Å². The van der Waals surface area contributed by atoms with Gasteiger partial charge in [0, 0.05) is 23.9 Å². The second kappa shape index (κ2) is 9.74. The Morgan fingerprint density at radius 3 is 2.17 bits per heavy atom. The zero-order valence-electron chi connectivity index (χ0n) is 16.9. The number of aromatic hydroxyl groups is 1. The third-order valence-electron chi connectivity index (χ3n) is 4.98. The van der Waals surface area contributed by atoms with Crippen LogP contribution < -0.4 is 5.32 Å². The van der Waals surface area contributed by atoms with Crippen LogP contribution in [-0.2, 0) is 13.0 Å². The maximum atomic E-state index is 12.7. The third kappa shape index (κ3) is 5.06. The number of unbranched alkanes of at least 4 members (excludes halogenated alkanes) is 1. The second-order valence-electron chi connectivity index (χ2n) is 7.19. The Bertz CT molecular complexity index is 1040. The van der Waals surface area contributed by atoms with Gasteiger partial charge in [-0.05, 0) is 42.2 Å². The smallest absolute Gasteiger partial charge is 0.336 e. The number of hydrogen-bond acceptors (Lipinski definition) is 4. The number of carboxylic acids is 1. The van der Waals surface area contributed by atoms with Gasteiger partial charge in [0.1, 0.15) is 5.75 Å². The Balaban J connectivity index is 1.70. The molecule has 5 nitrogen and oxygen atoms in total. The average molecular weight is 403 g/mol. The Labute approximate surface area is 176 Å². The van der Waals surface area contributed by atoms with Gasteiger partial charge in [0.15, 0.2) is 5.78 Å². The molecule has 0 unspecified atom stereocenters. The van der Waals surface area contributed by atoms with Gasteiger partial charge in [0.2, 0.25) is 0 Å². The molecule has 0 fully saturated rings. The topological polar surface area (TPSA) is 86.6 Å². The summed E-state index contributed by atoms with van der Waals surface area (Å²) in [6.07, 6.45) is 3.44. The molecule has 30 heavy (non-hydrogen) atoms. The molecule has 0 spiro atoms. The number of anilines is 1. The Kier molecular flexibility index (Phi) is 6.86. The van der Waals surface area contributed by atoms with Crippen LogP contribution in [0.2, 0.25) is 0 Å². The van der Waals surface area contributed by atoms with E-state index in [0.29, 0.717) is 12.2 Å². The lowest BCUT2D eigenvalue weighted by molar-refractivity contribution is 0.0692. The number of aromatic carboxylic acids is 1. The van der Waals surface area contributed by atoms with E-state index in [1.807, 2.05) is 0 Å². The summed E-state index contributed by atoms with van der Waals surface area (Å²) in [4.78, 5) is 24.1. The number of carboxylic acid groups (broad SMARTS) is 1. The number of carbonyl (C=O) groups is 2. The lowest BCUT2D eigenvalue weighted by Gasteiger charge is -2.11. The normalized spacial score (nSPS) is 10.6. The van der Waals surface area contributed by atoms with Crippen LogP contribution >= 0.6 is 0 Å². The molecule has 0 saturated carbocycles. The minimum Gasteiger partial charge on any atom is -0.507 e. The van der Waals surface area contributed by atoms with Crippen molar-refractivity contribution in [1.82, 2.24) is 0 Å². The monoisotopic (exact) mass is 403 g/mol. The summed E-state index contributed by atoms with van der Waals surface area (Å²) in [6.45, 7) is 2.76. The molecule has 3 rings (SSSR count). The Hall–Kier alpha value is -3.60. The van der Waals surface area contributed by atoms with Crippen LogP contribution in [0.5, 0.6) is 5.75 Å². The number of benzene rings is 3. The zero-order valence-corrected chi connectivity index (χ0v) is 16.9. The molecule has 3 aromatic carbocycles. The van der Waals surface area contributed by atoms with Gasteiger partial charge < -0.3 is 15.5 Å². The third-order valence-corrected chi connectivity index (χ3v) is 4.98. The summed E-state index contributed by atoms with van der Waals surface area (Å²) in [6, 6.07) is 19.1. The fraction of sp³-hybridized carbons (Fsp3) is 0.200. The number of aryl methyl sites for hydroxylation is 1. The molecule has 0 saturated heterocycles. The van der Waals surface area contributed by atoms with Crippen LogP contribution in [0.25, 0.3) is 0 Å². The highest BCUT2D eigenvalue weighted by Gasteiger charge is 2.20. The molecule has 0 aliphatic rings. The van der Waals surface area contributed by atoms with Crippen LogP contribution in [0.1, 0.15) is 57.2 Å². The summed E-state index contributed by atoms with van der Waals surface area (Å²) in [7, 11) is 0. The van der Waals surface area contributed by atoms with Crippen molar-refractivity contribution in [2.75, 3.05) is 5.32 Å². The lowest BCUT2D eigenvalue weighted by atomic mass is 9.97. The van der Waals surface area contributed by atoms with E-state index < -0.39 is 11.8 Å². The van der Waals surface area contributed by atoms with Crippen molar-refractivity contribution < 1.29 is 19.8 Å². The molecule has 0 aromatic heterocycles. The molecule has 0 heterocycles. The molecule has 0 amide bonds. The fourth-order valence-electron chi connectivity index (χ4n) is 3.26. The molecule has 3 N–H and O–H groups in total. The van der Waals surface area contributed by atoms with Crippen molar-refractivity contribution in [3.05, 3.63) is 94.5 Å². The van der Waals surface area contributed by atoms with Gasteiger partial charge in [-0.15, -0.1) is 0 Å². The predicted molar refractivity (Wildman–Crippen MR) is 117 cm³/mol. The SMILES string of the molecule is CCCCc1ccc(CNc2ccc(C(=O)c3ccccc3C(=O)O)c(O)c2)cc1. The van der Waals surface area contributed by atoms with Gasteiger partial charge in [0.25, 0.3) is 0 Å². The van der Waals surface area contributed by atoms with Crippen molar-refractivity contribution in [2.45, 2.75) is 32.7 Å². The summed E-state index contributed by atoms with van der Waals surface area (Å²) in [5.74, 6) is -1.91. The number of hydrogen-bond donors (Lipinski definition) is 3. The summed E-state index contributed by atoms with van der Waals surface area (Å²) in [5, 5.41) is 22.9. The minimum atomic E-state index is -1.18. The van der Waals surface area contributed by atoms with Gasteiger partial charge in [-0.2, -0.15) is 0 Å². The quantitative estimate of drug-likeness (QED) is 0.423. The number of rotatable bonds is 9. The highest BCUT2D eigenvalue weighted by Crippen LogP contribution is 2.26. The number of nitrogens with one attached hydrogen (secondary N) is 1. The van der Waals surface area contributed by atoms with E-state index in [2.05, 4.69) is 36.5 Å². The molecule has 5 heteroatoms. The van der Waals surface area contributed by atoms with E-state index >= 15 is 0 Å². The standard InChI is InChI=1S/C25H25NO4/c1-2-3-6-17-9-11-18(12-10-17)16-26-19-13-14-22(23(27)15-19)24(28)20-7-4-5-8-21(20)25(29)30/h4-5,7-15,26-27H,2-3,6,16H2,1H3,(H,29,30). The van der Waals surface area contributed by atoms with Crippen LogP contribution in [0.3, 0.4) is 0 Å². The molecule has 0 radical (unpaired) electrons. The minimum absolute atomic E-state index is 0.0455. The van der Waals surface area contributed by atoms with Gasteiger partial charge in [0.05, 0.1) is 11.1 Å². The molecule has 0 atom stereocenters. The van der Waals surface area contributed by atoms with E-state index in [0.717, 1.165) is 12.0 Å². The first-order valence-corrected chi connectivity index (χ1v) is 10.0. The van der Waals surface area contributed by atoms with Crippen LogP contribution in [0.4, 0.5) is 5.69 Å². The number of phenols is 1. The summed E-state index contributed by atoms with van der Waals surface area (Å²) in [5.41, 5.74) is 3.13. The van der Waals surface area contributed by atoms with Gasteiger partial charge in [-0.25, -0.2) is 4.79 Å². The average Bonchev–Trinajstić information content (AvgIpc) is 2.76. The van der Waals surface area contributed by atoms with Crippen molar-refractivity contribution in [3.63, 3.8) is 0 Å². The van der Waals surface area contributed by atoms with Crippen molar-refractivity contribution in [3.8, 4) is 5.75 Å². The number of ketones is 1. The van der Waals surface area contributed by atoms with Crippen LogP contribution in [-0.4, -0.2) is 22.0 Å². The van der Waals surface area contributed by atoms with E-state index in [1.54, 1.807) is 18.2 Å². The molecular weight excluding hydrogens is 378 g/mol. The van der Waals surface area contributed by atoms with Crippen LogP contribution in [0, 0.1) is 0 Å². The van der Waals surface area contributed by atoms with Gasteiger partial charge in [-0.3, -0.25) is 4.79 Å². The highest BCUT2D eigenvalue weighted by molar-refractivity contribution is 6.15. The molecule has 154 valence electrons. The van der Waals surface area contributed by atoms with E-state index in [1.165, 1.54) is 42.7 Å². The summed E-state index contributed by atoms with van der Waals surface area (Å²) >= 11 is 0. The number of carbonyl (C=O) groups excluding carboxylic acids is 1. The summed E-state index contributed by atoms with van der Waals surface area (Å²) < 4.78 is 0. The van der Waals surface area contributed by atoms with Crippen molar-refractivity contribution in [2.24, 2.45) is 0 Å². The largest absolute Gasteiger partial charge is 0.507 e.